The lowest BCUT2D eigenvalue weighted by atomic mass is 9.76. The molecule has 0 aliphatic heterocycles. The van der Waals surface area contributed by atoms with E-state index in [1.54, 1.807) is 0 Å². The van der Waals surface area contributed by atoms with Crippen LogP contribution in [-0.2, 0) is 0 Å². The Morgan fingerprint density at radius 2 is 1.68 bits per heavy atom. The summed E-state index contributed by atoms with van der Waals surface area (Å²) in [6.45, 7) is 22.1. The monoisotopic (exact) mass is 268 g/mol. The molecule has 0 spiro atoms. The summed E-state index contributed by atoms with van der Waals surface area (Å²) in [5.74, 6) is 1.17. The summed E-state index contributed by atoms with van der Waals surface area (Å²) in [4.78, 5) is 0. The molecule has 19 heavy (non-hydrogen) atoms. The van der Waals surface area contributed by atoms with Gasteiger partial charge in [-0.05, 0) is 36.6 Å². The zero-order chi connectivity index (χ0) is 15.1. The van der Waals surface area contributed by atoms with Crippen molar-refractivity contribution in [1.82, 2.24) is 10.6 Å². The quantitative estimate of drug-likeness (QED) is 0.581. The second kappa shape index (κ2) is 8.63. The minimum Gasteiger partial charge on any atom is -0.388 e. The first-order valence-corrected chi connectivity index (χ1v) is 7.83. The molecule has 0 amide bonds. The van der Waals surface area contributed by atoms with E-state index in [0.29, 0.717) is 23.3 Å². The smallest absolute Gasteiger partial charge is 0.0174 e. The predicted octanol–water partition coefficient (Wildman–Crippen LogP) is 4.19. The molecule has 0 bridgehead atoms. The molecule has 0 rings (SSSR count). The van der Waals surface area contributed by atoms with Gasteiger partial charge in [0.1, 0.15) is 0 Å². The SMILES string of the molecule is C=C(NCC(C)C(C)(C)CCCNC(C)C)C(C)C. The Hall–Kier alpha value is -0.500. The van der Waals surface area contributed by atoms with Crippen molar-refractivity contribution in [1.29, 1.82) is 0 Å². The van der Waals surface area contributed by atoms with Crippen molar-refractivity contribution < 1.29 is 0 Å². The highest BCUT2D eigenvalue weighted by molar-refractivity contribution is 4.95. The van der Waals surface area contributed by atoms with Crippen molar-refractivity contribution in [2.45, 2.75) is 67.3 Å². The molecule has 0 aromatic rings. The average molecular weight is 268 g/mol. The van der Waals surface area contributed by atoms with Crippen molar-refractivity contribution >= 4 is 0 Å². The highest BCUT2D eigenvalue weighted by Gasteiger charge is 2.25. The number of rotatable bonds is 10. The molecular formula is C17H36N2. The second-order valence-corrected chi connectivity index (χ2v) is 7.16. The van der Waals surface area contributed by atoms with Gasteiger partial charge in [0.05, 0.1) is 0 Å². The standard InChI is InChI=1S/C17H36N2/c1-13(2)16(6)19-12-15(5)17(7,8)10-9-11-18-14(3)4/h13-15,18-19H,6,9-12H2,1-5,7-8H3. The maximum atomic E-state index is 4.08. The van der Waals surface area contributed by atoms with Crippen LogP contribution in [-0.4, -0.2) is 19.1 Å². The van der Waals surface area contributed by atoms with Crippen LogP contribution in [0.4, 0.5) is 0 Å². The molecule has 0 heterocycles. The Morgan fingerprint density at radius 1 is 1.11 bits per heavy atom. The summed E-state index contributed by atoms with van der Waals surface area (Å²) in [6, 6.07) is 0.594. The van der Waals surface area contributed by atoms with Gasteiger partial charge in [0.15, 0.2) is 0 Å². The largest absolute Gasteiger partial charge is 0.388 e. The molecule has 0 saturated carbocycles. The van der Waals surface area contributed by atoms with Gasteiger partial charge in [0.2, 0.25) is 0 Å². The molecule has 2 nitrogen and oxygen atoms in total. The van der Waals surface area contributed by atoms with Gasteiger partial charge < -0.3 is 10.6 Å². The van der Waals surface area contributed by atoms with E-state index < -0.39 is 0 Å². The minimum absolute atomic E-state index is 0.378. The molecule has 0 saturated heterocycles. The molecule has 2 N–H and O–H groups in total. The predicted molar refractivity (Wildman–Crippen MR) is 87.3 cm³/mol. The van der Waals surface area contributed by atoms with Crippen molar-refractivity contribution in [2.75, 3.05) is 13.1 Å². The average Bonchev–Trinajstić information content (AvgIpc) is 2.30. The van der Waals surface area contributed by atoms with Crippen molar-refractivity contribution in [3.05, 3.63) is 12.3 Å². The zero-order valence-corrected chi connectivity index (χ0v) is 14.3. The summed E-state index contributed by atoms with van der Waals surface area (Å²) in [5, 5.41) is 6.98. The first-order valence-electron chi connectivity index (χ1n) is 7.83. The molecule has 1 atom stereocenters. The lowest BCUT2D eigenvalue weighted by Gasteiger charge is -2.33. The van der Waals surface area contributed by atoms with Crippen LogP contribution in [0.1, 0.15) is 61.3 Å². The van der Waals surface area contributed by atoms with Crippen LogP contribution in [0.15, 0.2) is 12.3 Å². The highest BCUT2D eigenvalue weighted by Crippen LogP contribution is 2.31. The van der Waals surface area contributed by atoms with E-state index in [1.807, 2.05) is 0 Å². The van der Waals surface area contributed by atoms with Gasteiger partial charge in [0.25, 0.3) is 0 Å². The van der Waals surface area contributed by atoms with Gasteiger partial charge in [-0.15, -0.1) is 0 Å². The molecule has 114 valence electrons. The van der Waals surface area contributed by atoms with Gasteiger partial charge in [-0.3, -0.25) is 0 Å². The van der Waals surface area contributed by atoms with Crippen LogP contribution in [0.2, 0.25) is 0 Å². The molecule has 0 aliphatic carbocycles. The molecule has 2 heteroatoms. The van der Waals surface area contributed by atoms with E-state index in [9.17, 15) is 0 Å². The third-order valence-corrected chi connectivity index (χ3v) is 4.22. The van der Waals surface area contributed by atoms with Crippen molar-refractivity contribution in [3.8, 4) is 0 Å². The number of allylic oxidation sites excluding steroid dienone is 1. The molecule has 0 fully saturated rings. The van der Waals surface area contributed by atoms with Gasteiger partial charge in [-0.25, -0.2) is 0 Å². The molecule has 0 aromatic carbocycles. The molecule has 1 unspecified atom stereocenters. The van der Waals surface area contributed by atoms with E-state index >= 15 is 0 Å². The normalized spacial score (nSPS) is 13.9. The van der Waals surface area contributed by atoms with E-state index in [2.05, 4.69) is 65.7 Å². The van der Waals surface area contributed by atoms with Gasteiger partial charge >= 0.3 is 0 Å². The summed E-state index contributed by atoms with van der Waals surface area (Å²) in [6.07, 6.45) is 2.52. The van der Waals surface area contributed by atoms with E-state index in [4.69, 9.17) is 0 Å². The third-order valence-electron chi connectivity index (χ3n) is 4.22. The first kappa shape index (κ1) is 18.5. The minimum atomic E-state index is 0.378. The Labute approximate surface area is 121 Å². The van der Waals surface area contributed by atoms with Crippen LogP contribution in [0.5, 0.6) is 0 Å². The van der Waals surface area contributed by atoms with Crippen LogP contribution in [0, 0.1) is 17.3 Å². The summed E-state index contributed by atoms with van der Waals surface area (Å²) in [5.41, 5.74) is 1.53. The summed E-state index contributed by atoms with van der Waals surface area (Å²) >= 11 is 0. The molecule has 0 aliphatic rings. The fraction of sp³-hybridized carbons (Fsp3) is 0.882. The Bertz CT molecular complexity index is 254. The van der Waals surface area contributed by atoms with E-state index in [-0.39, 0.29) is 0 Å². The van der Waals surface area contributed by atoms with Crippen molar-refractivity contribution in [3.63, 3.8) is 0 Å². The number of hydrogen-bond acceptors (Lipinski definition) is 2. The van der Waals surface area contributed by atoms with Gasteiger partial charge in [0, 0.05) is 18.3 Å². The maximum absolute atomic E-state index is 4.08. The Morgan fingerprint density at radius 3 is 2.16 bits per heavy atom. The van der Waals surface area contributed by atoms with Crippen LogP contribution in [0.3, 0.4) is 0 Å². The summed E-state index contributed by atoms with van der Waals surface area (Å²) < 4.78 is 0. The van der Waals surface area contributed by atoms with Gasteiger partial charge in [-0.2, -0.15) is 0 Å². The Balaban J connectivity index is 3.99. The molecular weight excluding hydrogens is 232 g/mol. The lowest BCUT2D eigenvalue weighted by Crippen LogP contribution is -2.33. The maximum Gasteiger partial charge on any atom is 0.0174 e. The molecule has 0 aromatic heterocycles. The second-order valence-electron chi connectivity index (χ2n) is 7.16. The number of hydrogen-bond donors (Lipinski definition) is 2. The van der Waals surface area contributed by atoms with Crippen LogP contribution < -0.4 is 10.6 Å². The van der Waals surface area contributed by atoms with E-state index in [1.165, 1.54) is 12.8 Å². The lowest BCUT2D eigenvalue weighted by molar-refractivity contribution is 0.203. The number of nitrogens with one attached hydrogen (secondary N) is 2. The fourth-order valence-electron chi connectivity index (χ4n) is 1.95. The van der Waals surface area contributed by atoms with Gasteiger partial charge in [-0.1, -0.05) is 55.0 Å². The summed E-state index contributed by atoms with van der Waals surface area (Å²) in [7, 11) is 0. The first-order chi connectivity index (χ1) is 8.66. The Kier molecular flexibility index (Phi) is 8.40. The van der Waals surface area contributed by atoms with Crippen LogP contribution >= 0.6 is 0 Å². The molecule has 0 radical (unpaired) electrons. The van der Waals surface area contributed by atoms with Crippen molar-refractivity contribution in [2.24, 2.45) is 17.3 Å². The fourth-order valence-corrected chi connectivity index (χ4v) is 1.95. The topological polar surface area (TPSA) is 24.1 Å². The third kappa shape index (κ3) is 8.30. The van der Waals surface area contributed by atoms with E-state index in [0.717, 1.165) is 18.8 Å². The van der Waals surface area contributed by atoms with Crippen LogP contribution in [0.25, 0.3) is 0 Å². The highest BCUT2D eigenvalue weighted by atomic mass is 14.9. The zero-order valence-electron chi connectivity index (χ0n) is 14.3.